The van der Waals surface area contributed by atoms with Gasteiger partial charge in [0.15, 0.2) is 0 Å². The third kappa shape index (κ3) is 6.26. The molecule has 1 aromatic rings. The van der Waals surface area contributed by atoms with Gasteiger partial charge in [-0.2, -0.15) is 0 Å². The van der Waals surface area contributed by atoms with Gasteiger partial charge in [0.05, 0.1) is 0 Å². The van der Waals surface area contributed by atoms with Crippen molar-refractivity contribution in [2.75, 3.05) is 13.1 Å². The largest absolute Gasteiger partial charge is 0.369 e. The Morgan fingerprint density at radius 1 is 1.31 bits per heavy atom. The molecule has 0 spiro atoms. The van der Waals surface area contributed by atoms with E-state index in [-0.39, 0.29) is 0 Å². The standard InChI is InChI=1S/C9H11N3S4/c13-8(14)11-5-6-12-9(15)16-7-3-1-2-4-10-7/h1-4H,5-6H2,(H,12,15)(H2,11,13,14). The summed E-state index contributed by atoms with van der Waals surface area (Å²) in [6.07, 6.45) is 1.74. The number of aromatic nitrogens is 1. The van der Waals surface area contributed by atoms with Gasteiger partial charge in [-0.05, 0) is 23.9 Å². The van der Waals surface area contributed by atoms with Crippen LogP contribution in [-0.4, -0.2) is 26.7 Å². The molecule has 0 unspecified atom stereocenters. The second kappa shape index (κ2) is 7.83. The number of nitrogens with one attached hydrogen (secondary N) is 2. The van der Waals surface area contributed by atoms with Crippen LogP contribution in [0.3, 0.4) is 0 Å². The third-order valence-electron chi connectivity index (χ3n) is 1.51. The summed E-state index contributed by atoms with van der Waals surface area (Å²) in [7, 11) is 0. The van der Waals surface area contributed by atoms with E-state index in [9.17, 15) is 0 Å². The molecule has 0 amide bonds. The molecule has 0 saturated carbocycles. The fourth-order valence-electron chi connectivity index (χ4n) is 0.873. The zero-order valence-corrected chi connectivity index (χ0v) is 11.7. The predicted molar refractivity (Wildman–Crippen MR) is 80.3 cm³/mol. The molecule has 3 nitrogen and oxygen atoms in total. The number of thiocarbonyl (C=S) groups is 2. The number of hydrogen-bond acceptors (Lipinski definition) is 4. The maximum Gasteiger partial charge on any atom is 0.140 e. The summed E-state index contributed by atoms with van der Waals surface area (Å²) in [5, 5.41) is 6.88. The lowest BCUT2D eigenvalue weighted by molar-refractivity contribution is 0.833. The van der Waals surface area contributed by atoms with Crippen LogP contribution in [0.4, 0.5) is 0 Å². The first-order chi connectivity index (χ1) is 7.68. The van der Waals surface area contributed by atoms with Crippen LogP contribution >= 0.6 is 48.8 Å². The Balaban J connectivity index is 2.19. The summed E-state index contributed by atoms with van der Waals surface area (Å²) in [4.78, 5) is 4.16. The van der Waals surface area contributed by atoms with Gasteiger partial charge in [-0.3, -0.25) is 0 Å². The van der Waals surface area contributed by atoms with Crippen molar-refractivity contribution in [3.05, 3.63) is 24.4 Å². The summed E-state index contributed by atoms with van der Waals surface area (Å²) in [6.45, 7) is 1.41. The minimum atomic E-state index is 0.491. The lowest BCUT2D eigenvalue weighted by Gasteiger charge is -2.07. The smallest absolute Gasteiger partial charge is 0.140 e. The van der Waals surface area contributed by atoms with Crippen molar-refractivity contribution >= 4 is 57.5 Å². The van der Waals surface area contributed by atoms with Crippen molar-refractivity contribution in [1.82, 2.24) is 15.6 Å². The first-order valence-electron chi connectivity index (χ1n) is 4.52. The summed E-state index contributed by atoms with van der Waals surface area (Å²) < 4.78 is 1.19. The molecule has 0 saturated heterocycles. The van der Waals surface area contributed by atoms with Crippen LogP contribution in [0.5, 0.6) is 0 Å². The highest BCUT2D eigenvalue weighted by molar-refractivity contribution is 8.22. The first kappa shape index (κ1) is 13.7. The molecule has 0 fully saturated rings. The van der Waals surface area contributed by atoms with Crippen LogP contribution in [0.25, 0.3) is 0 Å². The monoisotopic (exact) mass is 289 g/mol. The second-order valence-electron chi connectivity index (χ2n) is 2.72. The minimum Gasteiger partial charge on any atom is -0.369 e. The summed E-state index contributed by atoms with van der Waals surface area (Å²) >= 11 is 15.3. The molecule has 0 radical (unpaired) electrons. The van der Waals surface area contributed by atoms with E-state index in [1.807, 2.05) is 18.2 Å². The SMILES string of the molecule is S=C(S)NCCNC(=S)Sc1ccccn1. The number of hydrogen-bond donors (Lipinski definition) is 3. The first-order valence-corrected chi connectivity index (χ1v) is 6.60. The van der Waals surface area contributed by atoms with E-state index in [2.05, 4.69) is 28.2 Å². The molecule has 0 aromatic carbocycles. The van der Waals surface area contributed by atoms with E-state index in [4.69, 9.17) is 24.4 Å². The summed E-state index contributed by atoms with van der Waals surface area (Å²) in [5.74, 6) is 0. The molecule has 0 aliphatic carbocycles. The fourth-order valence-corrected chi connectivity index (χ4v) is 2.07. The number of thiol groups is 1. The third-order valence-corrected chi connectivity index (χ3v) is 2.98. The molecule has 1 heterocycles. The van der Waals surface area contributed by atoms with Gasteiger partial charge in [0.25, 0.3) is 0 Å². The molecule has 0 aliphatic rings. The lowest BCUT2D eigenvalue weighted by atomic mass is 10.5. The molecule has 1 rings (SSSR count). The number of pyridine rings is 1. The van der Waals surface area contributed by atoms with Gasteiger partial charge in [-0.1, -0.05) is 30.5 Å². The van der Waals surface area contributed by atoms with Crippen LogP contribution in [-0.2, 0) is 0 Å². The Labute approximate surface area is 115 Å². The number of nitrogens with zero attached hydrogens (tertiary/aromatic N) is 1. The molecule has 1 aromatic heterocycles. The maximum atomic E-state index is 5.15. The Morgan fingerprint density at radius 3 is 2.69 bits per heavy atom. The minimum absolute atomic E-state index is 0.491. The normalized spacial score (nSPS) is 9.56. The highest BCUT2D eigenvalue weighted by Crippen LogP contribution is 2.14. The van der Waals surface area contributed by atoms with Gasteiger partial charge < -0.3 is 10.6 Å². The average molecular weight is 289 g/mol. The van der Waals surface area contributed by atoms with Crippen LogP contribution in [0.1, 0.15) is 0 Å². The molecule has 7 heteroatoms. The van der Waals surface area contributed by atoms with Crippen molar-refractivity contribution in [3.63, 3.8) is 0 Å². The van der Waals surface area contributed by atoms with Gasteiger partial charge in [0.2, 0.25) is 0 Å². The predicted octanol–water partition coefficient (Wildman–Crippen LogP) is 1.85. The van der Waals surface area contributed by atoms with E-state index in [1.54, 1.807) is 6.20 Å². The number of thioether (sulfide) groups is 1. The quantitative estimate of drug-likeness (QED) is 0.340. The van der Waals surface area contributed by atoms with Gasteiger partial charge in [-0.25, -0.2) is 4.98 Å². The Hall–Kier alpha value is -0.370. The highest BCUT2D eigenvalue weighted by atomic mass is 32.2. The van der Waals surface area contributed by atoms with Crippen molar-refractivity contribution < 1.29 is 0 Å². The van der Waals surface area contributed by atoms with Crippen molar-refractivity contribution in [1.29, 1.82) is 0 Å². The van der Waals surface area contributed by atoms with Gasteiger partial charge in [-0.15, -0.1) is 12.6 Å². The Bertz CT molecular complexity index is 355. The second-order valence-corrected chi connectivity index (χ2v) is 5.57. The zero-order chi connectivity index (χ0) is 11.8. The number of rotatable bonds is 4. The Morgan fingerprint density at radius 2 is 2.06 bits per heavy atom. The average Bonchev–Trinajstić information content (AvgIpc) is 2.25. The molecule has 0 aliphatic heterocycles. The van der Waals surface area contributed by atoms with Crippen LogP contribution in [0.2, 0.25) is 0 Å². The van der Waals surface area contributed by atoms with E-state index in [1.165, 1.54) is 11.8 Å². The topological polar surface area (TPSA) is 37.0 Å². The fraction of sp³-hybridized carbons (Fsp3) is 0.222. The maximum absolute atomic E-state index is 5.15. The van der Waals surface area contributed by atoms with Crippen molar-refractivity contribution in [2.24, 2.45) is 0 Å². The summed E-state index contributed by atoms with van der Waals surface area (Å²) in [5.41, 5.74) is 0. The molecule has 86 valence electrons. The highest BCUT2D eigenvalue weighted by Gasteiger charge is 1.99. The van der Waals surface area contributed by atoms with E-state index >= 15 is 0 Å². The van der Waals surface area contributed by atoms with Crippen LogP contribution < -0.4 is 10.6 Å². The lowest BCUT2D eigenvalue weighted by Crippen LogP contribution is -2.30. The molecule has 16 heavy (non-hydrogen) atoms. The van der Waals surface area contributed by atoms with Gasteiger partial charge >= 0.3 is 0 Å². The van der Waals surface area contributed by atoms with E-state index in [0.717, 1.165) is 5.03 Å². The Kier molecular flexibility index (Phi) is 6.70. The molecular weight excluding hydrogens is 278 g/mol. The summed E-state index contributed by atoms with van der Waals surface area (Å²) in [6, 6.07) is 5.72. The molecule has 0 bridgehead atoms. The van der Waals surface area contributed by atoms with Crippen molar-refractivity contribution in [2.45, 2.75) is 5.03 Å². The van der Waals surface area contributed by atoms with Gasteiger partial charge in [0.1, 0.15) is 13.7 Å². The van der Waals surface area contributed by atoms with Crippen molar-refractivity contribution in [3.8, 4) is 0 Å². The molecular formula is C9H11N3S4. The van der Waals surface area contributed by atoms with E-state index in [0.29, 0.717) is 21.7 Å². The molecule has 0 atom stereocenters. The van der Waals surface area contributed by atoms with Crippen LogP contribution in [0.15, 0.2) is 29.4 Å². The van der Waals surface area contributed by atoms with E-state index < -0.39 is 0 Å². The zero-order valence-electron chi connectivity index (χ0n) is 8.34. The van der Waals surface area contributed by atoms with Gasteiger partial charge in [0, 0.05) is 19.3 Å². The van der Waals surface area contributed by atoms with Crippen LogP contribution in [0, 0.1) is 0 Å². The molecule has 2 N–H and O–H groups in total.